The van der Waals surface area contributed by atoms with Crippen molar-refractivity contribution in [3.05, 3.63) is 5.21 Å². The molecule has 9 heavy (non-hydrogen) atoms. The van der Waals surface area contributed by atoms with Crippen LogP contribution in [0.4, 0.5) is 0 Å². The van der Waals surface area contributed by atoms with Gasteiger partial charge < -0.3 is 9.94 Å². The van der Waals surface area contributed by atoms with Crippen LogP contribution in [0.2, 0.25) is 0 Å². The van der Waals surface area contributed by atoms with E-state index < -0.39 is 0 Å². The molecule has 2 unspecified atom stereocenters. The lowest BCUT2D eigenvalue weighted by atomic mass is 10.3. The van der Waals surface area contributed by atoms with Crippen molar-refractivity contribution in [1.29, 1.82) is 0 Å². The molecule has 0 amide bonds. The second kappa shape index (κ2) is 1.89. The molecule has 0 bridgehead atoms. The van der Waals surface area contributed by atoms with Gasteiger partial charge in [0.1, 0.15) is 12.2 Å². The van der Waals surface area contributed by atoms with E-state index in [1.807, 2.05) is 0 Å². The van der Waals surface area contributed by atoms with Crippen LogP contribution in [0.15, 0.2) is 0 Å². The minimum atomic E-state index is -0.178. The highest BCUT2D eigenvalue weighted by Crippen LogP contribution is 2.21. The average Bonchev–Trinajstić information content (AvgIpc) is 2.22. The van der Waals surface area contributed by atoms with Gasteiger partial charge in [-0.25, -0.2) is 0 Å². The predicted octanol–water partition coefficient (Wildman–Crippen LogP) is -0.570. The number of rotatable bonds is 0. The molecular weight excluding hydrogens is 126 g/mol. The lowest BCUT2D eigenvalue weighted by Gasteiger charge is -2.17. The zero-order chi connectivity index (χ0) is 6.27. The Kier molecular flexibility index (Phi) is 1.17. The molecule has 2 saturated heterocycles. The van der Waals surface area contributed by atoms with Gasteiger partial charge >= 0.3 is 0 Å². The minimum Gasteiger partial charge on any atom is -0.738 e. The van der Waals surface area contributed by atoms with Crippen molar-refractivity contribution in [3.8, 4) is 0 Å². The molecule has 0 aromatic heterocycles. The molecule has 0 aromatic carbocycles. The average molecular weight is 132 g/mol. The zero-order valence-corrected chi connectivity index (χ0v) is 4.65. The van der Waals surface area contributed by atoms with Crippen molar-refractivity contribution in [2.24, 2.45) is 0 Å². The first-order valence-corrected chi connectivity index (χ1v) is 2.75. The molecule has 0 radical (unpaired) electrons. The second-order valence-electron chi connectivity index (χ2n) is 2.05. The Morgan fingerprint density at radius 2 is 1.78 bits per heavy atom. The van der Waals surface area contributed by atoms with Crippen LogP contribution in [0.5, 0.6) is 0 Å². The molecule has 2 aliphatic rings. The molecule has 2 atom stereocenters. The van der Waals surface area contributed by atoms with Crippen LogP contribution in [0.3, 0.4) is 0 Å². The highest BCUT2D eigenvalue weighted by molar-refractivity contribution is 4.77. The molecule has 0 N–H and O–H groups in total. The molecule has 0 aliphatic carbocycles. The third-order valence-corrected chi connectivity index (χ3v) is 1.42. The smallest absolute Gasteiger partial charge is 0.134 e. The van der Waals surface area contributed by atoms with Gasteiger partial charge in [-0.2, -0.15) is 0 Å². The maximum atomic E-state index is 10.3. The minimum absolute atomic E-state index is 0.151. The lowest BCUT2D eigenvalue weighted by Crippen LogP contribution is -2.18. The van der Waals surface area contributed by atoms with Gasteiger partial charge in [-0.3, -0.25) is 9.68 Å². The predicted molar refractivity (Wildman–Crippen MR) is 25.8 cm³/mol. The number of ether oxygens (including phenoxy) is 1. The largest absolute Gasteiger partial charge is 0.738 e. The fourth-order valence-electron chi connectivity index (χ4n) is 0.958. The van der Waals surface area contributed by atoms with Gasteiger partial charge in [0, 0.05) is 0 Å². The quantitative estimate of drug-likeness (QED) is 0.441. The first kappa shape index (κ1) is 5.57. The molecule has 2 aliphatic heterocycles. The number of hydrogen-bond acceptors (Lipinski definition) is 5. The van der Waals surface area contributed by atoms with Crippen LogP contribution >= 0.6 is 0 Å². The van der Waals surface area contributed by atoms with E-state index in [0.717, 1.165) is 0 Å². The normalized spacial score (nSPS) is 43.7. The number of nitrogens with zero attached hydrogens (tertiary/aromatic N) is 1. The van der Waals surface area contributed by atoms with Crippen LogP contribution in [-0.2, 0) is 14.4 Å². The maximum Gasteiger partial charge on any atom is 0.134 e. The third kappa shape index (κ3) is 0.828. The zero-order valence-electron chi connectivity index (χ0n) is 4.65. The van der Waals surface area contributed by atoms with Gasteiger partial charge in [-0.05, 0) is 0 Å². The van der Waals surface area contributed by atoms with Gasteiger partial charge in [0.2, 0.25) is 0 Å². The van der Waals surface area contributed by atoms with Crippen LogP contribution in [0.25, 0.3) is 0 Å². The van der Waals surface area contributed by atoms with Crippen LogP contribution in [-0.4, -0.2) is 30.8 Å². The fourth-order valence-corrected chi connectivity index (χ4v) is 0.958. The van der Waals surface area contributed by atoms with E-state index in [0.29, 0.717) is 13.2 Å². The van der Waals surface area contributed by atoms with Crippen LogP contribution < -0.4 is 0 Å². The summed E-state index contributed by atoms with van der Waals surface area (Å²) in [6.07, 6.45) is -0.356. The van der Waals surface area contributed by atoms with Gasteiger partial charge in [0.25, 0.3) is 0 Å². The summed E-state index contributed by atoms with van der Waals surface area (Å²) in [5, 5.41) is 10.4. The van der Waals surface area contributed by atoms with Crippen molar-refractivity contribution >= 4 is 0 Å². The van der Waals surface area contributed by atoms with Gasteiger partial charge in [0.05, 0.1) is 13.2 Å². The van der Waals surface area contributed by atoms with Gasteiger partial charge in [0.15, 0.2) is 0 Å². The molecule has 0 aromatic rings. The molecule has 5 nitrogen and oxygen atoms in total. The summed E-state index contributed by atoms with van der Waals surface area (Å²) < 4.78 is 4.94. The van der Waals surface area contributed by atoms with Crippen molar-refractivity contribution in [1.82, 2.24) is 5.39 Å². The molecular formula is C4H6NO4-. The van der Waals surface area contributed by atoms with E-state index in [1.54, 1.807) is 0 Å². The summed E-state index contributed by atoms with van der Waals surface area (Å²) in [7, 11) is 0. The van der Waals surface area contributed by atoms with Crippen molar-refractivity contribution in [2.45, 2.75) is 12.2 Å². The molecule has 0 spiro atoms. The van der Waals surface area contributed by atoms with E-state index in [1.165, 1.54) is 0 Å². The summed E-state index contributed by atoms with van der Waals surface area (Å²) in [6.45, 7) is 0.923. The number of fused-ring (bicyclic) bond motifs is 1. The molecule has 52 valence electrons. The van der Waals surface area contributed by atoms with Crippen LogP contribution in [0, 0.1) is 5.21 Å². The Morgan fingerprint density at radius 3 is 2.33 bits per heavy atom. The van der Waals surface area contributed by atoms with Crippen LogP contribution in [0.1, 0.15) is 0 Å². The van der Waals surface area contributed by atoms with E-state index in [-0.39, 0.29) is 17.6 Å². The summed E-state index contributed by atoms with van der Waals surface area (Å²) in [6, 6.07) is 0. The number of hydrogen-bond donors (Lipinski definition) is 0. The van der Waals surface area contributed by atoms with Crippen molar-refractivity contribution < 1.29 is 14.4 Å². The molecule has 2 fully saturated rings. The molecule has 2 rings (SSSR count). The van der Waals surface area contributed by atoms with E-state index in [4.69, 9.17) is 4.74 Å². The van der Waals surface area contributed by atoms with Gasteiger partial charge in [-0.1, -0.05) is 0 Å². The van der Waals surface area contributed by atoms with E-state index in [9.17, 15) is 5.21 Å². The summed E-state index contributed by atoms with van der Waals surface area (Å²) in [5.74, 6) is 0. The standard InChI is InChI=1S/C4H6NO4/c6-5-8-3-1-7-2-4(3)9-5/h3-4H,1-2H2/q-1. The molecule has 2 heterocycles. The van der Waals surface area contributed by atoms with Crippen molar-refractivity contribution in [2.75, 3.05) is 13.2 Å². The Bertz CT molecular complexity index is 107. The fraction of sp³-hybridized carbons (Fsp3) is 1.00. The Hall–Kier alpha value is -0.200. The topological polar surface area (TPSA) is 54.0 Å². The monoisotopic (exact) mass is 132 g/mol. The first-order chi connectivity index (χ1) is 4.36. The summed E-state index contributed by atoms with van der Waals surface area (Å²) in [4.78, 5) is 9.23. The highest BCUT2D eigenvalue weighted by atomic mass is 17.1. The molecule has 0 saturated carbocycles. The summed E-state index contributed by atoms with van der Waals surface area (Å²) in [5.41, 5.74) is 0. The third-order valence-electron chi connectivity index (χ3n) is 1.42. The van der Waals surface area contributed by atoms with Gasteiger partial charge in [-0.15, -0.1) is 5.39 Å². The lowest BCUT2D eigenvalue weighted by molar-refractivity contribution is -0.288. The second-order valence-corrected chi connectivity index (χ2v) is 2.05. The Labute approximate surface area is 51.6 Å². The SMILES string of the molecule is [O-]N1OC2COCC2O1. The van der Waals surface area contributed by atoms with Crippen molar-refractivity contribution in [3.63, 3.8) is 0 Å². The molecule has 5 heteroatoms. The first-order valence-electron chi connectivity index (χ1n) is 2.75. The van der Waals surface area contributed by atoms with E-state index >= 15 is 0 Å². The Balaban J connectivity index is 2.02. The Morgan fingerprint density at radius 1 is 1.22 bits per heavy atom. The highest BCUT2D eigenvalue weighted by Gasteiger charge is 2.37. The summed E-state index contributed by atoms with van der Waals surface area (Å²) >= 11 is 0. The van der Waals surface area contributed by atoms with E-state index in [2.05, 4.69) is 9.68 Å². The maximum absolute atomic E-state index is 10.3.